The Morgan fingerprint density at radius 2 is 2.00 bits per heavy atom. The molecular formula is C14H21ClN2O2. The molecule has 0 heterocycles. The van der Waals surface area contributed by atoms with Gasteiger partial charge in [0.05, 0.1) is 6.61 Å². The zero-order valence-electron chi connectivity index (χ0n) is 10.9. The Balaban J connectivity index is 0.00000180. The number of halogens is 1. The molecule has 106 valence electrons. The molecule has 0 atom stereocenters. The number of hydrogen-bond donors (Lipinski definition) is 2. The van der Waals surface area contributed by atoms with E-state index in [0.717, 1.165) is 18.1 Å². The summed E-state index contributed by atoms with van der Waals surface area (Å²) in [6, 6.07) is 7.34. The van der Waals surface area contributed by atoms with Crippen molar-refractivity contribution in [2.24, 2.45) is 11.7 Å². The highest BCUT2D eigenvalue weighted by Gasteiger charge is 2.20. The zero-order valence-corrected chi connectivity index (χ0v) is 11.7. The number of carbonyl (C=O) groups is 1. The van der Waals surface area contributed by atoms with E-state index in [1.807, 2.05) is 12.1 Å². The summed E-state index contributed by atoms with van der Waals surface area (Å²) in [5.74, 6) is 0.707. The highest BCUT2D eigenvalue weighted by molar-refractivity contribution is 5.94. The summed E-state index contributed by atoms with van der Waals surface area (Å²) in [6.07, 6.45) is 2.58. The molecule has 19 heavy (non-hydrogen) atoms. The standard InChI is InChI=1S/C14H20N2O2.ClH/c15-9-11-3-5-13(6-4-11)14(17)16-7-8-18-10-12-1-2-12;/h3-6,12H,1-2,7-10,15H2,(H,16,17);1H. The Morgan fingerprint density at radius 3 is 2.58 bits per heavy atom. The number of rotatable bonds is 7. The average Bonchev–Trinajstić information content (AvgIpc) is 3.22. The summed E-state index contributed by atoms with van der Waals surface area (Å²) >= 11 is 0. The lowest BCUT2D eigenvalue weighted by atomic mass is 10.1. The predicted molar refractivity (Wildman–Crippen MR) is 77.5 cm³/mol. The van der Waals surface area contributed by atoms with Crippen LogP contribution in [0.2, 0.25) is 0 Å². The molecule has 0 aliphatic heterocycles. The van der Waals surface area contributed by atoms with Crippen molar-refractivity contribution in [1.82, 2.24) is 5.32 Å². The first kappa shape index (κ1) is 16.0. The van der Waals surface area contributed by atoms with Gasteiger partial charge in [-0.05, 0) is 36.5 Å². The maximum absolute atomic E-state index is 11.8. The molecule has 3 N–H and O–H groups in total. The number of nitrogens with two attached hydrogens (primary N) is 1. The number of ether oxygens (including phenoxy) is 1. The molecule has 0 saturated heterocycles. The Kier molecular flexibility index (Phi) is 6.84. The van der Waals surface area contributed by atoms with E-state index in [9.17, 15) is 4.79 Å². The summed E-state index contributed by atoms with van der Waals surface area (Å²) < 4.78 is 5.45. The van der Waals surface area contributed by atoms with E-state index < -0.39 is 0 Å². The van der Waals surface area contributed by atoms with Crippen LogP contribution < -0.4 is 11.1 Å². The van der Waals surface area contributed by atoms with Gasteiger partial charge in [-0.2, -0.15) is 0 Å². The third-order valence-corrected chi connectivity index (χ3v) is 3.03. The maximum atomic E-state index is 11.8. The van der Waals surface area contributed by atoms with Gasteiger partial charge in [0.15, 0.2) is 0 Å². The number of amides is 1. The van der Waals surface area contributed by atoms with Gasteiger partial charge in [-0.1, -0.05) is 12.1 Å². The molecule has 1 aliphatic carbocycles. The fourth-order valence-corrected chi connectivity index (χ4v) is 1.67. The summed E-state index contributed by atoms with van der Waals surface area (Å²) in [5, 5.41) is 2.84. The van der Waals surface area contributed by atoms with Crippen molar-refractivity contribution in [3.63, 3.8) is 0 Å². The van der Waals surface area contributed by atoms with E-state index in [2.05, 4.69) is 5.32 Å². The number of nitrogens with one attached hydrogen (secondary N) is 1. The average molecular weight is 285 g/mol. The van der Waals surface area contributed by atoms with Crippen LogP contribution in [0.3, 0.4) is 0 Å². The smallest absolute Gasteiger partial charge is 0.251 e. The molecule has 1 aromatic carbocycles. The highest BCUT2D eigenvalue weighted by Crippen LogP contribution is 2.28. The summed E-state index contributed by atoms with van der Waals surface area (Å²) in [7, 11) is 0. The van der Waals surface area contributed by atoms with E-state index in [4.69, 9.17) is 10.5 Å². The molecular weight excluding hydrogens is 264 g/mol. The normalized spacial score (nSPS) is 13.7. The van der Waals surface area contributed by atoms with Crippen molar-refractivity contribution < 1.29 is 9.53 Å². The molecule has 0 unspecified atom stereocenters. The predicted octanol–water partition coefficient (Wildman–Crippen LogP) is 1.72. The van der Waals surface area contributed by atoms with Gasteiger partial charge in [0.1, 0.15) is 0 Å². The molecule has 4 nitrogen and oxygen atoms in total. The van der Waals surface area contributed by atoms with Gasteiger partial charge in [-0.15, -0.1) is 12.4 Å². The third-order valence-electron chi connectivity index (χ3n) is 3.03. The van der Waals surface area contributed by atoms with Gasteiger partial charge in [0, 0.05) is 25.3 Å². The second kappa shape index (κ2) is 8.15. The minimum absolute atomic E-state index is 0. The quantitative estimate of drug-likeness (QED) is 0.750. The minimum Gasteiger partial charge on any atom is -0.379 e. The Morgan fingerprint density at radius 1 is 1.32 bits per heavy atom. The molecule has 0 bridgehead atoms. The van der Waals surface area contributed by atoms with E-state index in [1.54, 1.807) is 12.1 Å². The first-order chi connectivity index (χ1) is 8.79. The lowest BCUT2D eigenvalue weighted by Crippen LogP contribution is -2.27. The molecule has 1 aromatic rings. The first-order valence-corrected chi connectivity index (χ1v) is 6.44. The summed E-state index contributed by atoms with van der Waals surface area (Å²) in [5.41, 5.74) is 7.19. The molecule has 1 saturated carbocycles. The van der Waals surface area contributed by atoms with Gasteiger partial charge < -0.3 is 15.8 Å². The summed E-state index contributed by atoms with van der Waals surface area (Å²) in [4.78, 5) is 11.8. The van der Waals surface area contributed by atoms with Crippen LogP contribution in [0.25, 0.3) is 0 Å². The molecule has 1 fully saturated rings. The van der Waals surface area contributed by atoms with Gasteiger partial charge in [0.2, 0.25) is 0 Å². The van der Waals surface area contributed by atoms with Gasteiger partial charge in [-0.3, -0.25) is 4.79 Å². The van der Waals surface area contributed by atoms with E-state index in [-0.39, 0.29) is 18.3 Å². The Bertz CT molecular complexity index is 391. The molecule has 5 heteroatoms. The number of benzene rings is 1. The topological polar surface area (TPSA) is 64.4 Å². The third kappa shape index (κ3) is 5.59. The molecule has 1 amide bonds. The Hall–Kier alpha value is -1.10. The summed E-state index contributed by atoms with van der Waals surface area (Å²) in [6.45, 7) is 2.48. The van der Waals surface area contributed by atoms with Crippen LogP contribution in [0.4, 0.5) is 0 Å². The molecule has 2 rings (SSSR count). The zero-order chi connectivity index (χ0) is 12.8. The van der Waals surface area contributed by atoms with Crippen LogP contribution in [0.5, 0.6) is 0 Å². The molecule has 0 radical (unpaired) electrons. The van der Waals surface area contributed by atoms with Crippen LogP contribution in [-0.2, 0) is 11.3 Å². The van der Waals surface area contributed by atoms with Crippen LogP contribution in [0.15, 0.2) is 24.3 Å². The SMILES string of the molecule is Cl.NCc1ccc(C(=O)NCCOCC2CC2)cc1. The molecule has 0 aromatic heterocycles. The first-order valence-electron chi connectivity index (χ1n) is 6.44. The lowest BCUT2D eigenvalue weighted by molar-refractivity contribution is 0.0906. The second-order valence-electron chi connectivity index (χ2n) is 4.68. The fraction of sp³-hybridized carbons (Fsp3) is 0.500. The monoisotopic (exact) mass is 284 g/mol. The van der Waals surface area contributed by atoms with Crippen molar-refractivity contribution >= 4 is 18.3 Å². The van der Waals surface area contributed by atoms with E-state index in [0.29, 0.717) is 25.3 Å². The maximum Gasteiger partial charge on any atom is 0.251 e. The molecule has 0 spiro atoms. The van der Waals surface area contributed by atoms with Crippen LogP contribution in [-0.4, -0.2) is 25.7 Å². The van der Waals surface area contributed by atoms with Crippen molar-refractivity contribution in [3.8, 4) is 0 Å². The van der Waals surface area contributed by atoms with Crippen molar-refractivity contribution in [2.75, 3.05) is 19.8 Å². The van der Waals surface area contributed by atoms with E-state index in [1.165, 1.54) is 12.8 Å². The van der Waals surface area contributed by atoms with E-state index >= 15 is 0 Å². The highest BCUT2D eigenvalue weighted by atomic mass is 35.5. The second-order valence-corrected chi connectivity index (χ2v) is 4.68. The van der Waals surface area contributed by atoms with Crippen molar-refractivity contribution in [1.29, 1.82) is 0 Å². The number of carbonyl (C=O) groups excluding carboxylic acids is 1. The van der Waals surface area contributed by atoms with Crippen molar-refractivity contribution in [2.45, 2.75) is 19.4 Å². The van der Waals surface area contributed by atoms with Crippen LogP contribution >= 0.6 is 12.4 Å². The molecule has 1 aliphatic rings. The van der Waals surface area contributed by atoms with Crippen LogP contribution in [0, 0.1) is 5.92 Å². The fourth-order valence-electron chi connectivity index (χ4n) is 1.67. The Labute approximate surface area is 120 Å². The largest absolute Gasteiger partial charge is 0.379 e. The van der Waals surface area contributed by atoms with Crippen LogP contribution in [0.1, 0.15) is 28.8 Å². The van der Waals surface area contributed by atoms with Gasteiger partial charge in [-0.25, -0.2) is 0 Å². The minimum atomic E-state index is -0.0615. The van der Waals surface area contributed by atoms with Crippen molar-refractivity contribution in [3.05, 3.63) is 35.4 Å². The van der Waals surface area contributed by atoms with Gasteiger partial charge in [0.25, 0.3) is 5.91 Å². The van der Waals surface area contributed by atoms with Gasteiger partial charge >= 0.3 is 0 Å². The lowest BCUT2D eigenvalue weighted by Gasteiger charge is -2.06. The number of hydrogen-bond acceptors (Lipinski definition) is 3.